The van der Waals surface area contributed by atoms with E-state index in [0.717, 1.165) is 11.3 Å². The van der Waals surface area contributed by atoms with Gasteiger partial charge in [0.1, 0.15) is 5.82 Å². The van der Waals surface area contributed by atoms with E-state index in [4.69, 9.17) is 11.6 Å². The molecule has 0 aliphatic carbocycles. The monoisotopic (exact) mass is 438 g/mol. The second-order valence-corrected chi connectivity index (χ2v) is 8.78. The zero-order valence-corrected chi connectivity index (χ0v) is 17.3. The van der Waals surface area contributed by atoms with Crippen molar-refractivity contribution in [2.75, 3.05) is 15.6 Å². The van der Waals surface area contributed by atoms with Crippen LogP contribution in [0.25, 0.3) is 0 Å². The molecule has 1 spiro atoms. The van der Waals surface area contributed by atoms with E-state index in [1.54, 1.807) is 46.2 Å². The van der Waals surface area contributed by atoms with Gasteiger partial charge < -0.3 is 4.90 Å². The summed E-state index contributed by atoms with van der Waals surface area (Å²) in [7, 11) is 0. The van der Waals surface area contributed by atoms with Crippen LogP contribution in [-0.2, 0) is 21.0 Å². The van der Waals surface area contributed by atoms with Crippen LogP contribution in [0.1, 0.15) is 11.1 Å². The normalized spacial score (nSPS) is 20.3. The van der Waals surface area contributed by atoms with Crippen LogP contribution in [-0.4, -0.2) is 17.6 Å². The number of benzene rings is 3. The Hall–Kier alpha value is -2.83. The number of nitrogens with zero attached hydrogens (tertiary/aromatic N) is 2. The fourth-order valence-electron chi connectivity index (χ4n) is 4.15. The maximum absolute atomic E-state index is 13.9. The van der Waals surface area contributed by atoms with Gasteiger partial charge in [-0.25, -0.2) is 4.39 Å². The van der Waals surface area contributed by atoms with Crippen molar-refractivity contribution in [3.05, 3.63) is 94.8 Å². The molecule has 3 aromatic carbocycles. The number of carbonyl (C=O) groups is 2. The molecule has 0 saturated carbocycles. The predicted octanol–water partition coefficient (Wildman–Crippen LogP) is 4.96. The van der Waals surface area contributed by atoms with Crippen molar-refractivity contribution >= 4 is 46.6 Å². The highest BCUT2D eigenvalue weighted by Crippen LogP contribution is 2.56. The summed E-state index contributed by atoms with van der Waals surface area (Å²) in [5.74, 6) is -0.546. The minimum absolute atomic E-state index is 0.155. The van der Waals surface area contributed by atoms with E-state index >= 15 is 0 Å². The lowest BCUT2D eigenvalue weighted by Gasteiger charge is -2.33. The van der Waals surface area contributed by atoms with Gasteiger partial charge in [-0.3, -0.25) is 14.5 Å². The Bertz CT molecular complexity index is 1190. The molecule has 150 valence electrons. The quantitative estimate of drug-likeness (QED) is 0.580. The third-order valence-corrected chi connectivity index (χ3v) is 6.98. The van der Waals surface area contributed by atoms with Crippen LogP contribution in [0.5, 0.6) is 0 Å². The standard InChI is InChI=1S/C23H16ClFN2O2S/c24-16-6-4-8-18(12-16)27-21(28)14-30-23(27)19-9-1-2-10-20(19)26(22(23)29)13-15-5-3-7-17(25)11-15/h1-12H,13-14H2/t23-/m0/s1. The molecule has 1 fully saturated rings. The van der Waals surface area contributed by atoms with E-state index in [-0.39, 0.29) is 29.9 Å². The Morgan fingerprint density at radius 2 is 1.80 bits per heavy atom. The number of fused-ring (bicyclic) bond motifs is 2. The largest absolute Gasteiger partial charge is 0.304 e. The molecule has 4 nitrogen and oxygen atoms in total. The number of rotatable bonds is 3. The number of para-hydroxylation sites is 1. The van der Waals surface area contributed by atoms with E-state index in [0.29, 0.717) is 16.3 Å². The molecular formula is C23H16ClFN2O2S. The van der Waals surface area contributed by atoms with Gasteiger partial charge >= 0.3 is 0 Å². The van der Waals surface area contributed by atoms with Crippen LogP contribution < -0.4 is 9.80 Å². The van der Waals surface area contributed by atoms with E-state index in [2.05, 4.69) is 0 Å². The highest BCUT2D eigenvalue weighted by Gasteiger charge is 2.60. The summed E-state index contributed by atoms with van der Waals surface area (Å²) in [6.07, 6.45) is 0. The van der Waals surface area contributed by atoms with Crippen molar-refractivity contribution in [2.45, 2.75) is 11.4 Å². The number of hydrogen-bond acceptors (Lipinski definition) is 3. The second-order valence-electron chi connectivity index (χ2n) is 7.18. The van der Waals surface area contributed by atoms with Crippen molar-refractivity contribution in [3.63, 3.8) is 0 Å². The summed E-state index contributed by atoms with van der Waals surface area (Å²) >= 11 is 7.48. The lowest BCUT2D eigenvalue weighted by atomic mass is 10.0. The topological polar surface area (TPSA) is 40.6 Å². The highest BCUT2D eigenvalue weighted by molar-refractivity contribution is 8.02. The first-order chi connectivity index (χ1) is 14.5. The lowest BCUT2D eigenvalue weighted by molar-refractivity contribution is -0.123. The van der Waals surface area contributed by atoms with Gasteiger partial charge in [-0.05, 0) is 42.0 Å². The molecule has 0 bridgehead atoms. The molecule has 2 aliphatic rings. The molecule has 0 radical (unpaired) electrons. The molecule has 3 aromatic rings. The molecule has 2 amide bonds. The van der Waals surface area contributed by atoms with E-state index in [9.17, 15) is 14.0 Å². The van der Waals surface area contributed by atoms with Gasteiger partial charge in [-0.2, -0.15) is 0 Å². The molecule has 5 rings (SSSR count). The Morgan fingerprint density at radius 1 is 1.00 bits per heavy atom. The zero-order chi connectivity index (χ0) is 20.9. The molecule has 1 saturated heterocycles. The number of halogens is 2. The minimum atomic E-state index is -1.20. The van der Waals surface area contributed by atoms with Crippen LogP contribution >= 0.6 is 23.4 Å². The van der Waals surface area contributed by atoms with E-state index in [1.807, 2.05) is 24.3 Å². The van der Waals surface area contributed by atoms with Crippen LogP contribution in [0.2, 0.25) is 5.02 Å². The first-order valence-electron chi connectivity index (χ1n) is 9.39. The third-order valence-electron chi connectivity index (χ3n) is 5.36. The average molecular weight is 439 g/mol. The molecule has 2 heterocycles. The first kappa shape index (κ1) is 19.2. The maximum atomic E-state index is 13.9. The second kappa shape index (κ2) is 7.15. The molecular weight excluding hydrogens is 423 g/mol. The van der Waals surface area contributed by atoms with Gasteiger partial charge in [0.05, 0.1) is 18.0 Å². The van der Waals surface area contributed by atoms with Crippen molar-refractivity contribution < 1.29 is 14.0 Å². The summed E-state index contributed by atoms with van der Waals surface area (Å²) in [5, 5.41) is 0.489. The molecule has 2 aliphatic heterocycles. The van der Waals surface area contributed by atoms with Crippen LogP contribution in [0.15, 0.2) is 72.8 Å². The van der Waals surface area contributed by atoms with Crippen LogP contribution in [0.4, 0.5) is 15.8 Å². The van der Waals surface area contributed by atoms with Gasteiger partial charge in [0, 0.05) is 16.3 Å². The fraction of sp³-hybridized carbons (Fsp3) is 0.130. The SMILES string of the molecule is O=C1CS[C@@]2(C(=O)N(Cc3cccc(F)c3)c3ccccc32)N1c1cccc(Cl)c1. The number of anilines is 2. The van der Waals surface area contributed by atoms with E-state index in [1.165, 1.54) is 23.9 Å². The highest BCUT2D eigenvalue weighted by atomic mass is 35.5. The average Bonchev–Trinajstić information content (AvgIpc) is 3.19. The molecule has 0 N–H and O–H groups in total. The van der Waals surface area contributed by atoms with Gasteiger partial charge in [0.2, 0.25) is 10.8 Å². The number of carbonyl (C=O) groups excluding carboxylic acids is 2. The lowest BCUT2D eigenvalue weighted by Crippen LogP contribution is -2.49. The molecule has 1 atom stereocenters. The van der Waals surface area contributed by atoms with Crippen LogP contribution in [0, 0.1) is 5.82 Å². The smallest absolute Gasteiger partial charge is 0.269 e. The van der Waals surface area contributed by atoms with Gasteiger partial charge in [-0.15, -0.1) is 11.8 Å². The summed E-state index contributed by atoms with van der Waals surface area (Å²) in [6.45, 7) is 0.216. The molecule has 0 unspecified atom stereocenters. The zero-order valence-electron chi connectivity index (χ0n) is 15.7. The van der Waals surface area contributed by atoms with Crippen molar-refractivity contribution in [1.82, 2.24) is 0 Å². The number of hydrogen-bond donors (Lipinski definition) is 0. The van der Waals surface area contributed by atoms with Gasteiger partial charge in [0.15, 0.2) is 0 Å². The summed E-state index contributed by atoms with van der Waals surface area (Å²) in [4.78, 5) is 28.8. The number of amides is 2. The van der Waals surface area contributed by atoms with E-state index < -0.39 is 4.87 Å². The van der Waals surface area contributed by atoms with Gasteiger partial charge in [-0.1, -0.05) is 48.0 Å². The predicted molar refractivity (Wildman–Crippen MR) is 117 cm³/mol. The van der Waals surface area contributed by atoms with Crippen LogP contribution in [0.3, 0.4) is 0 Å². The minimum Gasteiger partial charge on any atom is -0.304 e. The Balaban J connectivity index is 1.65. The molecule has 30 heavy (non-hydrogen) atoms. The molecule has 0 aromatic heterocycles. The number of thioether (sulfide) groups is 1. The third kappa shape index (κ3) is 2.82. The Morgan fingerprint density at radius 3 is 2.60 bits per heavy atom. The summed E-state index contributed by atoms with van der Waals surface area (Å²) in [6, 6.07) is 20.6. The van der Waals surface area contributed by atoms with Crippen molar-refractivity contribution in [1.29, 1.82) is 0 Å². The maximum Gasteiger partial charge on any atom is 0.269 e. The molecule has 7 heteroatoms. The Labute approximate surface area is 182 Å². The Kier molecular flexibility index (Phi) is 4.56. The summed E-state index contributed by atoms with van der Waals surface area (Å²) < 4.78 is 13.7. The van der Waals surface area contributed by atoms with Crippen molar-refractivity contribution in [2.24, 2.45) is 0 Å². The first-order valence-corrected chi connectivity index (χ1v) is 10.8. The van der Waals surface area contributed by atoms with Crippen molar-refractivity contribution in [3.8, 4) is 0 Å². The summed E-state index contributed by atoms with van der Waals surface area (Å²) in [5.41, 5.74) is 2.73. The fourth-order valence-corrected chi connectivity index (χ4v) is 5.69. The van der Waals surface area contributed by atoms with Gasteiger partial charge in [0.25, 0.3) is 5.91 Å².